The Labute approximate surface area is 164 Å². The van der Waals surface area contributed by atoms with Crippen LogP contribution in [0.5, 0.6) is 5.75 Å². The van der Waals surface area contributed by atoms with Crippen molar-refractivity contribution in [1.82, 2.24) is 4.98 Å². The van der Waals surface area contributed by atoms with Gasteiger partial charge in [-0.2, -0.15) is 0 Å². The number of para-hydroxylation sites is 1. The van der Waals surface area contributed by atoms with Crippen molar-refractivity contribution in [3.8, 4) is 5.75 Å². The van der Waals surface area contributed by atoms with Crippen LogP contribution in [0.1, 0.15) is 26.7 Å². The SMILES string of the molecule is O=C1c2sccc2OC12ON=C(c1ccccc1)C2c1c[nH]c2ccccc12. The number of aromatic nitrogens is 1. The number of fused-ring (bicyclic) bond motifs is 2. The lowest BCUT2D eigenvalue weighted by molar-refractivity contribution is -0.128. The lowest BCUT2D eigenvalue weighted by Crippen LogP contribution is -2.46. The van der Waals surface area contributed by atoms with Crippen LogP contribution >= 0.6 is 11.3 Å². The molecule has 0 saturated heterocycles. The number of oxime groups is 1. The molecule has 0 aliphatic carbocycles. The minimum Gasteiger partial charge on any atom is -0.442 e. The Morgan fingerprint density at radius 2 is 1.86 bits per heavy atom. The molecule has 6 rings (SSSR count). The molecule has 0 bridgehead atoms. The van der Waals surface area contributed by atoms with Crippen LogP contribution in [-0.4, -0.2) is 22.3 Å². The molecule has 28 heavy (non-hydrogen) atoms. The van der Waals surface area contributed by atoms with Gasteiger partial charge in [0.1, 0.15) is 22.3 Å². The number of nitrogens with one attached hydrogen (secondary N) is 1. The third-order valence-corrected chi connectivity index (χ3v) is 6.24. The van der Waals surface area contributed by atoms with Crippen molar-refractivity contribution >= 4 is 33.7 Å². The molecular weight excluding hydrogens is 372 g/mol. The molecule has 1 spiro atoms. The molecule has 1 N–H and O–H groups in total. The van der Waals surface area contributed by atoms with E-state index in [1.54, 1.807) is 0 Å². The van der Waals surface area contributed by atoms with Gasteiger partial charge in [0.2, 0.25) is 0 Å². The smallest absolute Gasteiger partial charge is 0.353 e. The minimum absolute atomic E-state index is 0.178. The molecule has 6 heteroatoms. The highest BCUT2D eigenvalue weighted by molar-refractivity contribution is 7.12. The molecule has 2 atom stereocenters. The van der Waals surface area contributed by atoms with Gasteiger partial charge in [-0.25, -0.2) is 0 Å². The van der Waals surface area contributed by atoms with E-state index in [4.69, 9.17) is 9.57 Å². The molecule has 136 valence electrons. The normalized spacial score (nSPS) is 22.9. The number of Topliss-reactive ketones (excluding diaryl/α,β-unsaturated/α-hetero) is 1. The summed E-state index contributed by atoms with van der Waals surface area (Å²) in [6.45, 7) is 0. The maximum absolute atomic E-state index is 13.4. The van der Waals surface area contributed by atoms with Gasteiger partial charge in [0.05, 0.1) is 0 Å². The molecule has 0 amide bonds. The molecular formula is C22H14N2O3S. The Hall–Kier alpha value is -3.38. The third kappa shape index (κ3) is 1.95. The van der Waals surface area contributed by atoms with E-state index in [0.717, 1.165) is 22.0 Å². The molecule has 2 aromatic heterocycles. The van der Waals surface area contributed by atoms with Gasteiger partial charge in [-0.05, 0) is 23.1 Å². The highest BCUT2D eigenvalue weighted by Crippen LogP contribution is 2.51. The van der Waals surface area contributed by atoms with Crippen molar-refractivity contribution in [2.24, 2.45) is 5.16 Å². The van der Waals surface area contributed by atoms with E-state index in [1.807, 2.05) is 72.2 Å². The standard InChI is InChI=1S/C22H14N2O3S/c25-21-20-17(10-11-28-20)26-22(21)18(15-12-23-16-9-5-4-8-14(15)16)19(24-27-22)13-6-2-1-3-7-13/h1-12,18,23H. The summed E-state index contributed by atoms with van der Waals surface area (Å²) >= 11 is 1.37. The molecule has 0 saturated carbocycles. The number of rotatable bonds is 2. The molecule has 2 aliphatic heterocycles. The van der Waals surface area contributed by atoms with Crippen LogP contribution in [0.2, 0.25) is 0 Å². The zero-order chi connectivity index (χ0) is 18.7. The van der Waals surface area contributed by atoms with Crippen molar-refractivity contribution in [2.45, 2.75) is 11.7 Å². The van der Waals surface area contributed by atoms with E-state index < -0.39 is 11.7 Å². The first kappa shape index (κ1) is 15.7. The van der Waals surface area contributed by atoms with Crippen LogP contribution in [0.3, 0.4) is 0 Å². The predicted octanol–water partition coefficient (Wildman–Crippen LogP) is 4.72. The number of benzene rings is 2. The second-order valence-electron chi connectivity index (χ2n) is 6.87. The van der Waals surface area contributed by atoms with E-state index in [9.17, 15) is 4.79 Å². The molecule has 0 fully saturated rings. The van der Waals surface area contributed by atoms with Crippen molar-refractivity contribution < 1.29 is 14.4 Å². The fourth-order valence-corrected chi connectivity index (χ4v) is 4.88. The summed E-state index contributed by atoms with van der Waals surface area (Å²) < 4.78 is 6.15. The van der Waals surface area contributed by atoms with E-state index in [0.29, 0.717) is 16.3 Å². The zero-order valence-corrected chi connectivity index (χ0v) is 15.4. The predicted molar refractivity (Wildman–Crippen MR) is 107 cm³/mol. The van der Waals surface area contributed by atoms with E-state index in [2.05, 4.69) is 10.1 Å². The zero-order valence-electron chi connectivity index (χ0n) is 14.6. The lowest BCUT2D eigenvalue weighted by atomic mass is 9.82. The summed E-state index contributed by atoms with van der Waals surface area (Å²) in [7, 11) is 0. The average Bonchev–Trinajstić information content (AvgIpc) is 3.49. The summed E-state index contributed by atoms with van der Waals surface area (Å²) in [6, 6.07) is 19.6. The lowest BCUT2D eigenvalue weighted by Gasteiger charge is -2.26. The van der Waals surface area contributed by atoms with Crippen molar-refractivity contribution in [2.75, 3.05) is 0 Å². The van der Waals surface area contributed by atoms with Crippen LogP contribution in [0.25, 0.3) is 10.9 Å². The maximum Gasteiger partial charge on any atom is 0.353 e. The Morgan fingerprint density at radius 1 is 1.04 bits per heavy atom. The maximum atomic E-state index is 13.4. The number of hydrogen-bond donors (Lipinski definition) is 1. The quantitative estimate of drug-likeness (QED) is 0.542. The van der Waals surface area contributed by atoms with E-state index in [1.165, 1.54) is 11.3 Å². The van der Waals surface area contributed by atoms with Crippen LogP contribution in [0.15, 0.2) is 77.4 Å². The number of carbonyl (C=O) groups is 1. The number of nitrogens with zero attached hydrogens (tertiary/aromatic N) is 1. The first-order valence-electron chi connectivity index (χ1n) is 8.97. The van der Waals surface area contributed by atoms with Gasteiger partial charge in [0.15, 0.2) is 0 Å². The van der Waals surface area contributed by atoms with Gasteiger partial charge < -0.3 is 14.6 Å². The van der Waals surface area contributed by atoms with Crippen LogP contribution in [0.4, 0.5) is 0 Å². The average molecular weight is 386 g/mol. The van der Waals surface area contributed by atoms with Crippen LogP contribution in [-0.2, 0) is 4.84 Å². The van der Waals surface area contributed by atoms with Gasteiger partial charge in [0, 0.05) is 22.7 Å². The van der Waals surface area contributed by atoms with Crippen molar-refractivity contribution in [1.29, 1.82) is 0 Å². The summed E-state index contributed by atoms with van der Waals surface area (Å²) in [4.78, 5) is 23.1. The Balaban J connectivity index is 1.58. The van der Waals surface area contributed by atoms with Crippen LogP contribution in [0, 0.1) is 0 Å². The minimum atomic E-state index is -1.50. The molecule has 2 aromatic carbocycles. The fraction of sp³-hybridized carbons (Fsp3) is 0.0909. The van der Waals surface area contributed by atoms with E-state index >= 15 is 0 Å². The molecule has 4 aromatic rings. The number of carbonyl (C=O) groups excluding carboxylic acids is 1. The number of ketones is 1. The summed E-state index contributed by atoms with van der Waals surface area (Å²) in [6.07, 6.45) is 1.92. The van der Waals surface area contributed by atoms with Gasteiger partial charge in [-0.15, -0.1) is 11.3 Å². The summed E-state index contributed by atoms with van der Waals surface area (Å²) in [5.41, 5.74) is 3.52. The summed E-state index contributed by atoms with van der Waals surface area (Å²) in [5.74, 6) is -1.61. The number of hydrogen-bond acceptors (Lipinski definition) is 5. The largest absolute Gasteiger partial charge is 0.442 e. The Kier molecular flexibility index (Phi) is 3.11. The summed E-state index contributed by atoms with van der Waals surface area (Å²) in [5, 5.41) is 7.23. The van der Waals surface area contributed by atoms with Gasteiger partial charge >= 0.3 is 5.79 Å². The first-order chi connectivity index (χ1) is 13.8. The van der Waals surface area contributed by atoms with Crippen molar-refractivity contribution in [3.63, 3.8) is 0 Å². The number of ether oxygens (including phenoxy) is 1. The second-order valence-corrected chi connectivity index (χ2v) is 7.79. The number of thiophene rings is 1. The molecule has 4 heterocycles. The second kappa shape index (κ2) is 5.56. The van der Waals surface area contributed by atoms with E-state index in [-0.39, 0.29) is 5.78 Å². The van der Waals surface area contributed by atoms with Gasteiger partial charge in [-0.1, -0.05) is 53.7 Å². The van der Waals surface area contributed by atoms with Gasteiger partial charge in [0.25, 0.3) is 5.78 Å². The van der Waals surface area contributed by atoms with Gasteiger partial charge in [-0.3, -0.25) is 4.79 Å². The Morgan fingerprint density at radius 3 is 2.71 bits per heavy atom. The monoisotopic (exact) mass is 386 g/mol. The molecule has 2 unspecified atom stereocenters. The highest BCUT2D eigenvalue weighted by Gasteiger charge is 2.63. The molecule has 0 radical (unpaired) electrons. The third-order valence-electron chi connectivity index (χ3n) is 5.35. The molecule has 2 aliphatic rings. The highest BCUT2D eigenvalue weighted by atomic mass is 32.1. The number of aromatic amines is 1. The first-order valence-corrected chi connectivity index (χ1v) is 9.85. The number of H-pyrrole nitrogens is 1. The molecule has 5 nitrogen and oxygen atoms in total. The van der Waals surface area contributed by atoms with Crippen LogP contribution < -0.4 is 4.74 Å². The Bertz CT molecular complexity index is 1260. The fourth-order valence-electron chi connectivity index (χ4n) is 4.08. The van der Waals surface area contributed by atoms with Crippen molar-refractivity contribution in [3.05, 3.63) is 88.2 Å². The topological polar surface area (TPSA) is 63.7 Å².